The Balaban J connectivity index is 1.57. The van der Waals surface area contributed by atoms with E-state index in [1.165, 1.54) is 6.42 Å². The number of H-pyrrole nitrogens is 1. The minimum absolute atomic E-state index is 0.0572. The fourth-order valence-electron chi connectivity index (χ4n) is 5.52. The second-order valence-electron chi connectivity index (χ2n) is 10.9. The number of hydrogen-bond acceptors (Lipinski definition) is 4. The second-order valence-corrected chi connectivity index (χ2v) is 10.9. The van der Waals surface area contributed by atoms with Gasteiger partial charge in [0.05, 0.1) is 6.04 Å². The van der Waals surface area contributed by atoms with E-state index >= 15 is 0 Å². The Hall–Kier alpha value is -3.62. The van der Waals surface area contributed by atoms with E-state index in [1.807, 2.05) is 55.9 Å². The van der Waals surface area contributed by atoms with Crippen LogP contribution in [0.15, 0.2) is 30.5 Å². The normalized spacial score (nSPS) is 15.9. The number of carboxylic acids is 1. The van der Waals surface area contributed by atoms with E-state index in [9.17, 15) is 19.5 Å². The Morgan fingerprint density at radius 3 is 2.53 bits per heavy atom. The molecule has 1 fully saturated rings. The summed E-state index contributed by atoms with van der Waals surface area (Å²) in [6.45, 7) is 5.54. The maximum Gasteiger partial charge on any atom is 0.356 e. The zero-order valence-electron chi connectivity index (χ0n) is 22.7. The van der Waals surface area contributed by atoms with Crippen LogP contribution in [0.4, 0.5) is 0 Å². The molecule has 204 valence electrons. The molecule has 1 saturated carbocycles. The summed E-state index contributed by atoms with van der Waals surface area (Å²) in [5.41, 5.74) is 2.44. The molecule has 3 aromatic rings. The Labute approximate surface area is 223 Å². The van der Waals surface area contributed by atoms with Gasteiger partial charge in [0, 0.05) is 54.6 Å². The number of rotatable bonds is 10. The van der Waals surface area contributed by atoms with E-state index < -0.39 is 17.9 Å². The van der Waals surface area contributed by atoms with Crippen LogP contribution in [0.25, 0.3) is 10.9 Å². The van der Waals surface area contributed by atoms with Crippen molar-refractivity contribution in [1.29, 1.82) is 0 Å². The molecular formula is C29H39N5O4. The molecule has 38 heavy (non-hydrogen) atoms. The number of nitrogens with zero attached hydrogens (tertiary/aromatic N) is 2. The standard InChI is InChI=1S/C29H39N5O4/c1-17(2)22(15-25(35)31-20-10-6-5-7-11-20)28(36)32-23(27-30-18(3)26(33-27)29(37)38)14-19-16-34(4)24-13-9-8-12-21(19)24/h8-9,12-13,16-17,20,22-23H,5-7,10-11,14-15H2,1-4H3,(H,30,33)(H,31,35)(H,32,36)(H,37,38)/t22-,23+/m1/s1. The number of aromatic nitrogens is 3. The molecule has 0 unspecified atom stereocenters. The van der Waals surface area contributed by atoms with E-state index in [4.69, 9.17) is 0 Å². The van der Waals surface area contributed by atoms with Crippen molar-refractivity contribution in [3.8, 4) is 0 Å². The molecule has 2 heterocycles. The molecule has 1 aliphatic carbocycles. The van der Waals surface area contributed by atoms with Crippen molar-refractivity contribution in [2.24, 2.45) is 18.9 Å². The number of aromatic carboxylic acids is 1. The van der Waals surface area contributed by atoms with E-state index in [0.717, 1.165) is 42.1 Å². The molecule has 1 aliphatic rings. The van der Waals surface area contributed by atoms with Crippen LogP contribution in [0.3, 0.4) is 0 Å². The van der Waals surface area contributed by atoms with Crippen molar-refractivity contribution in [2.45, 2.75) is 77.8 Å². The molecule has 2 aromatic heterocycles. The number of fused-ring (bicyclic) bond motifs is 1. The summed E-state index contributed by atoms with van der Waals surface area (Å²) in [5.74, 6) is -1.66. The summed E-state index contributed by atoms with van der Waals surface area (Å²) in [4.78, 5) is 45.6. The van der Waals surface area contributed by atoms with E-state index in [-0.39, 0.29) is 35.9 Å². The first-order valence-corrected chi connectivity index (χ1v) is 13.6. The minimum Gasteiger partial charge on any atom is -0.476 e. The van der Waals surface area contributed by atoms with Crippen LogP contribution in [0.1, 0.15) is 86.0 Å². The molecule has 2 amide bonds. The first kappa shape index (κ1) is 27.4. The molecule has 0 spiro atoms. The lowest BCUT2D eigenvalue weighted by molar-refractivity contribution is -0.132. The van der Waals surface area contributed by atoms with Gasteiger partial charge in [-0.05, 0) is 37.3 Å². The van der Waals surface area contributed by atoms with Gasteiger partial charge in [0.25, 0.3) is 0 Å². The smallest absolute Gasteiger partial charge is 0.356 e. The fraction of sp³-hybridized carbons (Fsp3) is 0.517. The maximum atomic E-state index is 13.6. The topological polar surface area (TPSA) is 129 Å². The maximum absolute atomic E-state index is 13.6. The number of nitrogens with one attached hydrogen (secondary N) is 3. The summed E-state index contributed by atoms with van der Waals surface area (Å²) >= 11 is 0. The lowest BCUT2D eigenvalue weighted by Crippen LogP contribution is -2.42. The zero-order chi connectivity index (χ0) is 27.4. The first-order valence-electron chi connectivity index (χ1n) is 13.6. The molecule has 0 saturated heterocycles. The molecule has 4 rings (SSSR count). The van der Waals surface area contributed by atoms with Crippen LogP contribution in [0.2, 0.25) is 0 Å². The van der Waals surface area contributed by atoms with Gasteiger partial charge >= 0.3 is 5.97 Å². The van der Waals surface area contributed by atoms with E-state index in [2.05, 4.69) is 20.6 Å². The Bertz CT molecular complexity index is 1300. The van der Waals surface area contributed by atoms with Gasteiger partial charge in [-0.15, -0.1) is 0 Å². The first-order chi connectivity index (χ1) is 18.1. The number of para-hydroxylation sites is 1. The average Bonchev–Trinajstić information content (AvgIpc) is 3.42. The quantitative estimate of drug-likeness (QED) is 0.314. The number of aromatic amines is 1. The van der Waals surface area contributed by atoms with Crippen molar-refractivity contribution >= 4 is 28.7 Å². The fourth-order valence-corrected chi connectivity index (χ4v) is 5.52. The highest BCUT2D eigenvalue weighted by atomic mass is 16.4. The van der Waals surface area contributed by atoms with E-state index in [1.54, 1.807) is 6.92 Å². The van der Waals surface area contributed by atoms with Gasteiger partial charge < -0.3 is 25.3 Å². The predicted octanol–water partition coefficient (Wildman–Crippen LogP) is 4.42. The summed E-state index contributed by atoms with van der Waals surface area (Å²) < 4.78 is 2.03. The van der Waals surface area contributed by atoms with Gasteiger partial charge in [-0.1, -0.05) is 51.3 Å². The SMILES string of the molecule is Cc1[nH]c([C@H](Cc2cn(C)c3ccccc23)NC(=O)[C@H](CC(=O)NC2CCCCC2)C(C)C)nc1C(=O)O. The van der Waals surface area contributed by atoms with Gasteiger partial charge in [-0.3, -0.25) is 9.59 Å². The Morgan fingerprint density at radius 1 is 1.16 bits per heavy atom. The summed E-state index contributed by atoms with van der Waals surface area (Å²) in [5, 5.41) is 16.8. The number of carbonyl (C=O) groups excluding carboxylic acids is 2. The average molecular weight is 522 g/mol. The highest BCUT2D eigenvalue weighted by molar-refractivity contribution is 5.88. The Morgan fingerprint density at radius 2 is 1.87 bits per heavy atom. The second kappa shape index (κ2) is 11.8. The van der Waals surface area contributed by atoms with Gasteiger partial charge in [-0.25, -0.2) is 9.78 Å². The number of amides is 2. The number of benzene rings is 1. The number of hydrogen-bond donors (Lipinski definition) is 4. The molecular weight excluding hydrogens is 482 g/mol. The van der Waals surface area contributed by atoms with Gasteiger partial charge in [0.2, 0.25) is 11.8 Å². The number of aryl methyl sites for hydroxylation is 2. The summed E-state index contributed by atoms with van der Waals surface area (Å²) in [6, 6.07) is 7.61. The lowest BCUT2D eigenvalue weighted by atomic mass is 9.89. The minimum atomic E-state index is -1.13. The largest absolute Gasteiger partial charge is 0.476 e. The molecule has 1 aromatic carbocycles. The monoisotopic (exact) mass is 521 g/mol. The van der Waals surface area contributed by atoms with Crippen molar-refractivity contribution in [2.75, 3.05) is 0 Å². The van der Waals surface area contributed by atoms with Crippen LogP contribution in [-0.4, -0.2) is 43.5 Å². The third-order valence-corrected chi connectivity index (χ3v) is 7.67. The van der Waals surface area contributed by atoms with Crippen LogP contribution < -0.4 is 10.6 Å². The van der Waals surface area contributed by atoms with Crippen LogP contribution in [0.5, 0.6) is 0 Å². The number of carbonyl (C=O) groups is 3. The van der Waals surface area contributed by atoms with Crippen LogP contribution >= 0.6 is 0 Å². The molecule has 9 heteroatoms. The molecule has 0 aliphatic heterocycles. The third kappa shape index (κ3) is 6.26. The number of imidazole rings is 1. The highest BCUT2D eigenvalue weighted by Gasteiger charge is 2.30. The third-order valence-electron chi connectivity index (χ3n) is 7.67. The lowest BCUT2D eigenvalue weighted by Gasteiger charge is -2.26. The predicted molar refractivity (Wildman–Crippen MR) is 146 cm³/mol. The van der Waals surface area contributed by atoms with Crippen molar-refractivity contribution < 1.29 is 19.5 Å². The molecule has 4 N–H and O–H groups in total. The van der Waals surface area contributed by atoms with Crippen molar-refractivity contribution in [3.05, 3.63) is 53.2 Å². The molecule has 0 radical (unpaired) electrons. The van der Waals surface area contributed by atoms with Crippen LogP contribution in [-0.2, 0) is 23.1 Å². The number of carboxylic acid groups (broad SMARTS) is 1. The van der Waals surface area contributed by atoms with Crippen molar-refractivity contribution in [3.63, 3.8) is 0 Å². The van der Waals surface area contributed by atoms with Gasteiger partial charge in [-0.2, -0.15) is 0 Å². The molecule has 2 atom stereocenters. The van der Waals surface area contributed by atoms with E-state index in [0.29, 0.717) is 17.9 Å². The highest BCUT2D eigenvalue weighted by Crippen LogP contribution is 2.27. The summed E-state index contributed by atoms with van der Waals surface area (Å²) in [6.07, 6.45) is 7.97. The zero-order valence-corrected chi connectivity index (χ0v) is 22.7. The molecule has 9 nitrogen and oxygen atoms in total. The summed E-state index contributed by atoms with van der Waals surface area (Å²) in [7, 11) is 1.97. The van der Waals surface area contributed by atoms with Crippen molar-refractivity contribution in [1.82, 2.24) is 25.2 Å². The molecule has 0 bridgehead atoms. The van der Waals surface area contributed by atoms with Gasteiger partial charge in [0.15, 0.2) is 5.69 Å². The van der Waals surface area contributed by atoms with Crippen LogP contribution in [0, 0.1) is 18.8 Å². The Kier molecular flexibility index (Phi) is 8.54. The van der Waals surface area contributed by atoms with Gasteiger partial charge in [0.1, 0.15) is 5.82 Å².